The van der Waals surface area contributed by atoms with Crippen molar-refractivity contribution in [3.63, 3.8) is 0 Å². The molecule has 0 amide bonds. The molecule has 1 rings (SSSR count). The Balaban J connectivity index is 2.47. The van der Waals surface area contributed by atoms with Crippen LogP contribution in [0.5, 0.6) is 5.75 Å². The highest BCUT2D eigenvalue weighted by molar-refractivity contribution is 7.85. The molecular weight excluding hydrogens is 234 g/mol. The first-order valence-electron chi connectivity index (χ1n) is 5.70. The fourth-order valence-electron chi connectivity index (χ4n) is 1.36. The van der Waals surface area contributed by atoms with Crippen molar-refractivity contribution in [3.8, 4) is 5.75 Å². The zero-order chi connectivity index (χ0) is 12.9. The van der Waals surface area contributed by atoms with Gasteiger partial charge in [-0.15, -0.1) is 0 Å². The predicted octanol–water partition coefficient (Wildman–Crippen LogP) is 2.19. The molecule has 1 N–H and O–H groups in total. The maximum atomic E-state index is 12.0. The van der Waals surface area contributed by atoms with Crippen LogP contribution < -0.4 is 10.1 Å². The molecular formula is C13H21NO2S. The quantitative estimate of drug-likeness (QED) is 0.876. The Hall–Kier alpha value is -0.870. The third-order valence-corrected chi connectivity index (χ3v) is 3.64. The Kier molecular flexibility index (Phi) is 5.15. The van der Waals surface area contributed by atoms with Crippen LogP contribution in [-0.2, 0) is 10.8 Å². The molecule has 3 nitrogen and oxygen atoms in total. The van der Waals surface area contributed by atoms with Gasteiger partial charge in [0.05, 0.1) is 17.9 Å². The highest BCUT2D eigenvalue weighted by Crippen LogP contribution is 2.14. The van der Waals surface area contributed by atoms with Crippen LogP contribution in [0.25, 0.3) is 0 Å². The van der Waals surface area contributed by atoms with E-state index in [1.54, 1.807) is 7.11 Å². The predicted molar refractivity (Wildman–Crippen MR) is 72.0 cm³/mol. The molecule has 0 radical (unpaired) electrons. The summed E-state index contributed by atoms with van der Waals surface area (Å²) < 4.78 is 17.0. The van der Waals surface area contributed by atoms with Crippen molar-refractivity contribution in [1.29, 1.82) is 0 Å². The van der Waals surface area contributed by atoms with Crippen LogP contribution in [-0.4, -0.2) is 29.2 Å². The lowest BCUT2D eigenvalue weighted by Gasteiger charge is -2.20. The minimum atomic E-state index is -0.946. The van der Waals surface area contributed by atoms with Crippen molar-refractivity contribution in [2.75, 3.05) is 19.4 Å². The molecule has 0 bridgehead atoms. The molecule has 1 unspecified atom stereocenters. The van der Waals surface area contributed by atoms with Crippen molar-refractivity contribution >= 4 is 10.8 Å². The number of benzene rings is 1. The van der Waals surface area contributed by atoms with Gasteiger partial charge in [-0.2, -0.15) is 0 Å². The molecule has 0 aliphatic carbocycles. The minimum absolute atomic E-state index is 0.0735. The molecule has 0 aliphatic heterocycles. The van der Waals surface area contributed by atoms with E-state index >= 15 is 0 Å². The normalized spacial score (nSPS) is 13.4. The number of nitrogens with one attached hydrogen (secondary N) is 1. The Morgan fingerprint density at radius 3 is 2.29 bits per heavy atom. The SMILES string of the molecule is COc1ccc(S(=O)CCNC(C)(C)C)cc1. The van der Waals surface area contributed by atoms with Crippen LogP contribution >= 0.6 is 0 Å². The first-order valence-corrected chi connectivity index (χ1v) is 7.02. The monoisotopic (exact) mass is 255 g/mol. The van der Waals surface area contributed by atoms with E-state index in [1.165, 1.54) is 0 Å². The second-order valence-electron chi connectivity index (χ2n) is 4.90. The van der Waals surface area contributed by atoms with Crippen molar-refractivity contribution < 1.29 is 8.95 Å². The summed E-state index contributed by atoms with van der Waals surface area (Å²) in [5, 5.41) is 3.33. The summed E-state index contributed by atoms with van der Waals surface area (Å²) >= 11 is 0. The number of methoxy groups -OCH3 is 1. The number of hydrogen-bond donors (Lipinski definition) is 1. The smallest absolute Gasteiger partial charge is 0.118 e. The molecule has 0 aliphatic rings. The molecule has 1 aromatic carbocycles. The zero-order valence-corrected chi connectivity index (χ0v) is 11.8. The fraction of sp³-hybridized carbons (Fsp3) is 0.538. The van der Waals surface area contributed by atoms with Gasteiger partial charge in [-0.1, -0.05) is 0 Å². The van der Waals surface area contributed by atoms with Gasteiger partial charge in [0.15, 0.2) is 0 Å². The van der Waals surface area contributed by atoms with E-state index in [9.17, 15) is 4.21 Å². The van der Waals surface area contributed by atoms with Crippen LogP contribution in [0.1, 0.15) is 20.8 Å². The standard InChI is InChI=1S/C13H21NO2S/c1-13(2,3)14-9-10-17(15)12-7-5-11(16-4)6-8-12/h5-8,14H,9-10H2,1-4H3. The summed E-state index contributed by atoms with van der Waals surface area (Å²) in [6.07, 6.45) is 0. The summed E-state index contributed by atoms with van der Waals surface area (Å²) in [6.45, 7) is 7.05. The highest BCUT2D eigenvalue weighted by Gasteiger charge is 2.09. The lowest BCUT2D eigenvalue weighted by atomic mass is 10.1. The van der Waals surface area contributed by atoms with Gasteiger partial charge in [0, 0.05) is 22.7 Å². The van der Waals surface area contributed by atoms with E-state index in [4.69, 9.17) is 4.74 Å². The molecule has 0 saturated carbocycles. The fourth-order valence-corrected chi connectivity index (χ4v) is 2.33. The highest BCUT2D eigenvalue weighted by atomic mass is 32.2. The zero-order valence-electron chi connectivity index (χ0n) is 10.9. The van der Waals surface area contributed by atoms with Crippen LogP contribution in [0.3, 0.4) is 0 Å². The van der Waals surface area contributed by atoms with Gasteiger partial charge in [0.25, 0.3) is 0 Å². The van der Waals surface area contributed by atoms with Gasteiger partial charge < -0.3 is 10.1 Å². The van der Waals surface area contributed by atoms with Crippen molar-refractivity contribution in [2.45, 2.75) is 31.2 Å². The molecule has 96 valence electrons. The van der Waals surface area contributed by atoms with Crippen molar-refractivity contribution in [3.05, 3.63) is 24.3 Å². The van der Waals surface area contributed by atoms with E-state index in [0.717, 1.165) is 17.2 Å². The molecule has 1 atom stereocenters. The molecule has 0 spiro atoms. The third-order valence-electron chi connectivity index (χ3n) is 2.27. The van der Waals surface area contributed by atoms with E-state index in [0.29, 0.717) is 5.75 Å². The Bertz CT molecular complexity index is 368. The summed E-state index contributed by atoms with van der Waals surface area (Å²) in [7, 11) is 0.678. The summed E-state index contributed by atoms with van der Waals surface area (Å²) in [5.41, 5.74) is 0.0735. The second-order valence-corrected chi connectivity index (χ2v) is 6.47. The Morgan fingerprint density at radius 1 is 1.24 bits per heavy atom. The number of rotatable bonds is 5. The first-order chi connectivity index (χ1) is 7.92. The summed E-state index contributed by atoms with van der Waals surface area (Å²) in [5.74, 6) is 1.42. The largest absolute Gasteiger partial charge is 0.497 e. The molecule has 17 heavy (non-hydrogen) atoms. The molecule has 0 heterocycles. The van der Waals surface area contributed by atoms with Gasteiger partial charge in [-0.25, -0.2) is 0 Å². The molecule has 1 aromatic rings. The summed E-state index contributed by atoms with van der Waals surface area (Å²) in [6, 6.07) is 7.38. The van der Waals surface area contributed by atoms with E-state index < -0.39 is 10.8 Å². The van der Waals surface area contributed by atoms with Gasteiger partial charge in [-0.05, 0) is 45.0 Å². The van der Waals surface area contributed by atoms with Crippen LogP contribution in [0.15, 0.2) is 29.2 Å². The molecule has 0 fully saturated rings. The number of hydrogen-bond acceptors (Lipinski definition) is 3. The second kappa shape index (κ2) is 6.17. The molecule has 4 heteroatoms. The van der Waals surface area contributed by atoms with E-state index in [-0.39, 0.29) is 5.54 Å². The lowest BCUT2D eigenvalue weighted by Crippen LogP contribution is -2.38. The third kappa shape index (κ3) is 5.33. The Labute approximate surface area is 106 Å². The summed E-state index contributed by atoms with van der Waals surface area (Å²) in [4.78, 5) is 0.849. The van der Waals surface area contributed by atoms with Crippen LogP contribution in [0.4, 0.5) is 0 Å². The van der Waals surface area contributed by atoms with Crippen molar-refractivity contribution in [2.24, 2.45) is 0 Å². The average molecular weight is 255 g/mol. The average Bonchev–Trinajstić information content (AvgIpc) is 2.27. The van der Waals surface area contributed by atoms with E-state index in [2.05, 4.69) is 26.1 Å². The molecule has 0 saturated heterocycles. The van der Waals surface area contributed by atoms with Gasteiger partial charge >= 0.3 is 0 Å². The van der Waals surface area contributed by atoms with Gasteiger partial charge in [0.1, 0.15) is 5.75 Å². The lowest BCUT2D eigenvalue weighted by molar-refractivity contribution is 0.414. The van der Waals surface area contributed by atoms with Gasteiger partial charge in [-0.3, -0.25) is 4.21 Å². The first kappa shape index (κ1) is 14.2. The van der Waals surface area contributed by atoms with Crippen LogP contribution in [0.2, 0.25) is 0 Å². The minimum Gasteiger partial charge on any atom is -0.497 e. The number of ether oxygens (including phenoxy) is 1. The molecule has 0 aromatic heterocycles. The van der Waals surface area contributed by atoms with Gasteiger partial charge in [0.2, 0.25) is 0 Å². The topological polar surface area (TPSA) is 38.3 Å². The maximum Gasteiger partial charge on any atom is 0.118 e. The van der Waals surface area contributed by atoms with E-state index in [1.807, 2.05) is 24.3 Å². The van der Waals surface area contributed by atoms with Crippen LogP contribution in [0, 0.1) is 0 Å². The Morgan fingerprint density at radius 2 is 1.82 bits per heavy atom. The van der Waals surface area contributed by atoms with Crippen molar-refractivity contribution in [1.82, 2.24) is 5.32 Å². The maximum absolute atomic E-state index is 12.0.